The lowest BCUT2D eigenvalue weighted by Crippen LogP contribution is -1.99. The first kappa shape index (κ1) is 13.2. The van der Waals surface area contributed by atoms with E-state index < -0.39 is 18.9 Å². The van der Waals surface area contributed by atoms with Crippen molar-refractivity contribution in [3.8, 4) is 0 Å². The van der Waals surface area contributed by atoms with E-state index >= 15 is 0 Å². The molecule has 0 bridgehead atoms. The highest BCUT2D eigenvalue weighted by molar-refractivity contribution is 8.13. The smallest absolute Gasteiger partial charge is 0.258 e. The van der Waals surface area contributed by atoms with E-state index in [-0.39, 0.29) is 10.7 Å². The fourth-order valence-corrected chi connectivity index (χ4v) is 2.76. The minimum absolute atomic E-state index is 0.113. The number of hydrogen-bond donors (Lipinski definition) is 0. The molecule has 5 nitrogen and oxygen atoms in total. The molecular weight excluding hydrogens is 277 g/mol. The molecule has 0 aromatic heterocycles. The van der Waals surface area contributed by atoms with Gasteiger partial charge in [0.05, 0.1) is 9.95 Å². The monoisotopic (exact) mass is 283 g/mol. The number of benzene rings is 1. The van der Waals surface area contributed by atoms with Gasteiger partial charge in [-0.2, -0.15) is 0 Å². The van der Waals surface area contributed by atoms with Crippen LogP contribution in [0.3, 0.4) is 0 Å². The van der Waals surface area contributed by atoms with Gasteiger partial charge in [0.15, 0.2) is 0 Å². The third kappa shape index (κ3) is 2.63. The second-order valence-electron chi connectivity index (χ2n) is 2.96. The van der Waals surface area contributed by atoms with Gasteiger partial charge in [-0.1, -0.05) is 18.5 Å². The largest absolute Gasteiger partial charge is 0.274 e. The minimum Gasteiger partial charge on any atom is -0.258 e. The van der Waals surface area contributed by atoms with Crippen LogP contribution < -0.4 is 0 Å². The summed E-state index contributed by atoms with van der Waals surface area (Å²) in [4.78, 5) is 9.59. The molecule has 0 fully saturated rings. The van der Waals surface area contributed by atoms with Crippen LogP contribution in [0.1, 0.15) is 12.5 Å². The molecule has 0 N–H and O–H groups in total. The number of nitrogens with zero attached hydrogens (tertiary/aromatic N) is 1. The third-order valence-corrected chi connectivity index (χ3v) is 3.76. The van der Waals surface area contributed by atoms with E-state index in [4.69, 9.17) is 22.3 Å². The molecule has 1 aromatic rings. The summed E-state index contributed by atoms with van der Waals surface area (Å²) in [5, 5.41) is 10.6. The van der Waals surface area contributed by atoms with Crippen LogP contribution in [0.2, 0.25) is 5.02 Å². The number of hydrogen-bond acceptors (Lipinski definition) is 4. The van der Waals surface area contributed by atoms with Gasteiger partial charge in [-0.15, -0.1) is 0 Å². The predicted molar refractivity (Wildman–Crippen MR) is 60.5 cm³/mol. The van der Waals surface area contributed by atoms with Gasteiger partial charge in [0.1, 0.15) is 4.90 Å². The van der Waals surface area contributed by atoms with E-state index in [1.54, 1.807) is 6.92 Å². The Morgan fingerprint density at radius 1 is 1.44 bits per heavy atom. The van der Waals surface area contributed by atoms with Crippen molar-refractivity contribution in [2.75, 3.05) is 0 Å². The summed E-state index contributed by atoms with van der Waals surface area (Å²) in [6, 6.07) is 2.12. The summed E-state index contributed by atoms with van der Waals surface area (Å²) in [5.41, 5.74) is 0.0604. The van der Waals surface area contributed by atoms with Crippen molar-refractivity contribution in [1.82, 2.24) is 0 Å². The van der Waals surface area contributed by atoms with Crippen LogP contribution in [0.4, 0.5) is 5.69 Å². The molecule has 88 valence electrons. The van der Waals surface area contributed by atoms with Crippen molar-refractivity contribution in [2.24, 2.45) is 0 Å². The van der Waals surface area contributed by atoms with Crippen molar-refractivity contribution >= 4 is 37.0 Å². The van der Waals surface area contributed by atoms with E-state index in [9.17, 15) is 18.5 Å². The Hall–Kier alpha value is -0.850. The molecule has 8 heteroatoms. The molecule has 0 amide bonds. The second kappa shape index (κ2) is 4.57. The Balaban J connectivity index is 3.58. The van der Waals surface area contributed by atoms with Crippen LogP contribution in [-0.4, -0.2) is 13.3 Å². The summed E-state index contributed by atoms with van der Waals surface area (Å²) in [5.74, 6) is 0. The maximum Gasteiger partial charge on any atom is 0.274 e. The molecule has 0 aliphatic heterocycles. The summed E-state index contributed by atoms with van der Waals surface area (Å²) < 4.78 is 22.2. The summed E-state index contributed by atoms with van der Waals surface area (Å²) >= 11 is 5.68. The highest BCUT2D eigenvalue weighted by Crippen LogP contribution is 2.32. The highest BCUT2D eigenvalue weighted by atomic mass is 35.7. The predicted octanol–water partition coefficient (Wildman–Crippen LogP) is 2.74. The topological polar surface area (TPSA) is 77.3 Å². The lowest BCUT2D eigenvalue weighted by Gasteiger charge is -2.04. The van der Waals surface area contributed by atoms with Gasteiger partial charge in [0.25, 0.3) is 14.7 Å². The number of nitro groups is 1. The normalized spacial score (nSPS) is 11.4. The first-order valence-electron chi connectivity index (χ1n) is 4.18. The Kier molecular flexibility index (Phi) is 3.77. The zero-order valence-electron chi connectivity index (χ0n) is 8.11. The van der Waals surface area contributed by atoms with Crippen LogP contribution in [0.25, 0.3) is 0 Å². The third-order valence-electron chi connectivity index (χ3n) is 1.97. The van der Waals surface area contributed by atoms with Crippen molar-refractivity contribution in [3.05, 3.63) is 32.8 Å². The first-order valence-corrected chi connectivity index (χ1v) is 6.87. The fraction of sp³-hybridized carbons (Fsp3) is 0.250. The van der Waals surface area contributed by atoms with E-state index in [1.807, 2.05) is 0 Å². The van der Waals surface area contributed by atoms with Gasteiger partial charge in [-0.3, -0.25) is 10.1 Å². The zero-order valence-corrected chi connectivity index (χ0v) is 10.4. The molecule has 0 spiro atoms. The van der Waals surface area contributed by atoms with Crippen LogP contribution >= 0.6 is 22.3 Å². The standard InChI is InChI=1S/C8H7Cl2NO4S/c1-2-5-3-6(9)8(16(10,14)15)4-7(5)11(12)13/h3-4H,2H2,1H3. The summed E-state index contributed by atoms with van der Waals surface area (Å²) in [7, 11) is 1.02. The van der Waals surface area contributed by atoms with E-state index in [0.29, 0.717) is 12.0 Å². The lowest BCUT2D eigenvalue weighted by molar-refractivity contribution is -0.385. The SMILES string of the molecule is CCc1cc(Cl)c(S(=O)(=O)Cl)cc1[N+](=O)[O-]. The zero-order chi connectivity index (χ0) is 12.5. The maximum absolute atomic E-state index is 11.1. The summed E-state index contributed by atoms with van der Waals surface area (Å²) in [6.45, 7) is 1.70. The Morgan fingerprint density at radius 2 is 2.00 bits per heavy atom. The highest BCUT2D eigenvalue weighted by Gasteiger charge is 2.22. The maximum atomic E-state index is 11.1. The van der Waals surface area contributed by atoms with E-state index in [2.05, 4.69) is 0 Å². The van der Waals surface area contributed by atoms with Gasteiger partial charge in [0, 0.05) is 22.3 Å². The van der Waals surface area contributed by atoms with Gasteiger partial charge in [-0.25, -0.2) is 8.42 Å². The second-order valence-corrected chi connectivity index (χ2v) is 5.90. The van der Waals surface area contributed by atoms with E-state index in [0.717, 1.165) is 6.07 Å². The molecule has 1 aromatic carbocycles. The Bertz CT molecular complexity index is 541. The van der Waals surface area contributed by atoms with Crippen LogP contribution in [0.15, 0.2) is 17.0 Å². The van der Waals surface area contributed by atoms with Crippen molar-refractivity contribution in [1.29, 1.82) is 0 Å². The molecule has 0 saturated carbocycles. The molecule has 1 rings (SSSR count). The van der Waals surface area contributed by atoms with Gasteiger partial charge in [0.2, 0.25) is 0 Å². The molecular formula is C8H7Cl2NO4S. The lowest BCUT2D eigenvalue weighted by atomic mass is 10.1. The molecule has 0 radical (unpaired) electrons. The minimum atomic E-state index is -4.08. The van der Waals surface area contributed by atoms with Gasteiger partial charge < -0.3 is 0 Å². The molecule has 0 aliphatic rings. The van der Waals surface area contributed by atoms with Crippen molar-refractivity contribution in [2.45, 2.75) is 18.2 Å². The van der Waals surface area contributed by atoms with Crippen molar-refractivity contribution < 1.29 is 13.3 Å². The molecule has 0 heterocycles. The van der Waals surface area contributed by atoms with E-state index in [1.165, 1.54) is 6.07 Å². The Labute approximate surface area is 102 Å². The van der Waals surface area contributed by atoms with Crippen LogP contribution in [0.5, 0.6) is 0 Å². The number of halogens is 2. The average Bonchev–Trinajstić information content (AvgIpc) is 2.14. The number of nitro benzene ring substituents is 1. The molecule has 0 saturated heterocycles. The fourth-order valence-electron chi connectivity index (χ4n) is 1.22. The number of rotatable bonds is 3. The molecule has 0 aliphatic carbocycles. The molecule has 0 atom stereocenters. The quantitative estimate of drug-likeness (QED) is 0.485. The number of aryl methyl sites for hydroxylation is 1. The Morgan fingerprint density at radius 3 is 2.38 bits per heavy atom. The average molecular weight is 284 g/mol. The molecule has 16 heavy (non-hydrogen) atoms. The summed E-state index contributed by atoms with van der Waals surface area (Å²) in [6.07, 6.45) is 0.374. The van der Waals surface area contributed by atoms with Crippen LogP contribution in [-0.2, 0) is 15.5 Å². The first-order chi connectivity index (χ1) is 7.27. The van der Waals surface area contributed by atoms with Gasteiger partial charge >= 0.3 is 0 Å². The van der Waals surface area contributed by atoms with Gasteiger partial charge in [-0.05, 0) is 12.5 Å². The van der Waals surface area contributed by atoms with Crippen molar-refractivity contribution in [3.63, 3.8) is 0 Å². The van der Waals surface area contributed by atoms with Crippen LogP contribution in [0, 0.1) is 10.1 Å². The molecule has 0 unspecified atom stereocenters.